The van der Waals surface area contributed by atoms with Gasteiger partial charge in [-0.25, -0.2) is 0 Å². The monoisotopic (exact) mass is 397 g/mol. The van der Waals surface area contributed by atoms with Crippen molar-refractivity contribution in [2.75, 3.05) is 11.1 Å². The normalized spacial score (nSPS) is 31.0. The molecule has 1 aromatic heterocycles. The first-order chi connectivity index (χ1) is 13.6. The van der Waals surface area contributed by atoms with Gasteiger partial charge in [-0.2, -0.15) is 0 Å². The van der Waals surface area contributed by atoms with Gasteiger partial charge in [0.25, 0.3) is 5.22 Å². The molecule has 5 nitrogen and oxygen atoms in total. The summed E-state index contributed by atoms with van der Waals surface area (Å²) in [5.74, 6) is 3.57. The van der Waals surface area contributed by atoms with Crippen LogP contribution in [-0.2, 0) is 10.2 Å². The first-order valence-electron chi connectivity index (χ1n) is 10.4. The summed E-state index contributed by atoms with van der Waals surface area (Å²) in [7, 11) is 0. The fraction of sp³-hybridized carbons (Fsp3) is 0.591. The molecule has 1 amide bonds. The fourth-order valence-corrected chi connectivity index (χ4v) is 6.70. The second-order valence-electron chi connectivity index (χ2n) is 9.03. The molecule has 6 rings (SSSR count). The molecule has 28 heavy (non-hydrogen) atoms. The van der Waals surface area contributed by atoms with Crippen LogP contribution < -0.4 is 5.32 Å². The molecule has 0 saturated heterocycles. The van der Waals surface area contributed by atoms with Gasteiger partial charge in [-0.15, -0.1) is 10.2 Å². The lowest BCUT2D eigenvalue weighted by molar-refractivity contribution is -0.113. The van der Waals surface area contributed by atoms with Gasteiger partial charge in [0.05, 0.1) is 5.75 Å². The molecule has 4 fully saturated rings. The number of nitrogens with one attached hydrogen (secondary N) is 1. The van der Waals surface area contributed by atoms with E-state index in [0.717, 1.165) is 23.4 Å². The minimum atomic E-state index is -0.0558. The molecule has 2 aromatic rings. The summed E-state index contributed by atoms with van der Waals surface area (Å²) in [6, 6.07) is 8.66. The van der Waals surface area contributed by atoms with E-state index < -0.39 is 0 Å². The Bertz CT molecular complexity index is 849. The van der Waals surface area contributed by atoms with Crippen molar-refractivity contribution in [3.63, 3.8) is 0 Å². The molecule has 1 N–H and O–H groups in total. The topological polar surface area (TPSA) is 68.0 Å². The Labute approximate surface area is 170 Å². The van der Waals surface area contributed by atoms with E-state index >= 15 is 0 Å². The van der Waals surface area contributed by atoms with Gasteiger partial charge in [-0.05, 0) is 85.8 Å². The maximum absolute atomic E-state index is 12.2. The van der Waals surface area contributed by atoms with Crippen molar-refractivity contribution < 1.29 is 9.21 Å². The zero-order valence-electron chi connectivity index (χ0n) is 16.3. The number of anilines is 1. The summed E-state index contributed by atoms with van der Waals surface area (Å²) >= 11 is 1.26. The minimum absolute atomic E-state index is 0.0558. The third-order valence-corrected chi connectivity index (χ3v) is 7.82. The zero-order chi connectivity index (χ0) is 19.1. The summed E-state index contributed by atoms with van der Waals surface area (Å²) in [5.41, 5.74) is 2.73. The molecule has 4 bridgehead atoms. The van der Waals surface area contributed by atoms with Crippen LogP contribution in [0.5, 0.6) is 0 Å². The Balaban J connectivity index is 1.24. The van der Waals surface area contributed by atoms with Gasteiger partial charge in [0.1, 0.15) is 0 Å². The van der Waals surface area contributed by atoms with Crippen LogP contribution in [-0.4, -0.2) is 21.9 Å². The van der Waals surface area contributed by atoms with Crippen molar-refractivity contribution in [1.82, 2.24) is 10.2 Å². The van der Waals surface area contributed by atoms with Gasteiger partial charge in [-0.1, -0.05) is 23.9 Å². The first-order valence-corrected chi connectivity index (χ1v) is 11.4. The maximum Gasteiger partial charge on any atom is 0.277 e. The molecule has 4 aliphatic rings. The van der Waals surface area contributed by atoms with Crippen LogP contribution >= 0.6 is 11.8 Å². The molecule has 0 aliphatic heterocycles. The molecule has 1 aromatic carbocycles. The highest BCUT2D eigenvalue weighted by Gasteiger charge is 2.48. The van der Waals surface area contributed by atoms with Crippen LogP contribution in [0.3, 0.4) is 0 Å². The largest absolute Gasteiger partial charge is 0.416 e. The molecule has 2 unspecified atom stereocenters. The molecule has 148 valence electrons. The number of aryl methyl sites for hydroxylation is 1. The van der Waals surface area contributed by atoms with Crippen LogP contribution in [0.1, 0.15) is 56.4 Å². The Morgan fingerprint density at radius 1 is 1.14 bits per heavy atom. The number of nitrogens with zero attached hydrogens (tertiary/aromatic N) is 2. The van der Waals surface area contributed by atoms with Gasteiger partial charge >= 0.3 is 0 Å². The summed E-state index contributed by atoms with van der Waals surface area (Å²) in [4.78, 5) is 12.2. The number of amides is 1. The highest BCUT2D eigenvalue weighted by atomic mass is 32.2. The van der Waals surface area contributed by atoms with E-state index in [4.69, 9.17) is 4.42 Å². The Kier molecular flexibility index (Phi) is 4.69. The van der Waals surface area contributed by atoms with E-state index in [-0.39, 0.29) is 11.7 Å². The fourth-order valence-electron chi connectivity index (χ4n) is 6.09. The van der Waals surface area contributed by atoms with E-state index in [9.17, 15) is 4.79 Å². The molecular formula is C22H27N3O2S. The molecule has 4 aliphatic carbocycles. The number of rotatable bonds is 5. The molecule has 0 spiro atoms. The number of carbonyl (C=O) groups is 1. The molecular weight excluding hydrogens is 370 g/mol. The lowest BCUT2D eigenvalue weighted by Crippen LogP contribution is -2.37. The van der Waals surface area contributed by atoms with E-state index in [1.165, 1.54) is 62.3 Å². The van der Waals surface area contributed by atoms with E-state index in [1.807, 2.05) is 0 Å². The molecule has 6 heteroatoms. The highest BCUT2D eigenvalue weighted by Crippen LogP contribution is 2.57. The number of carbonyl (C=O) groups excluding carboxylic acids is 1. The van der Waals surface area contributed by atoms with Gasteiger partial charge in [-0.3, -0.25) is 4.79 Å². The lowest BCUT2D eigenvalue weighted by Gasteiger charge is -2.45. The number of hydrogen-bond donors (Lipinski definition) is 1. The predicted octanol–water partition coefficient (Wildman–Crippen LogP) is 4.97. The average molecular weight is 398 g/mol. The number of benzene rings is 1. The van der Waals surface area contributed by atoms with Crippen molar-refractivity contribution in [3.8, 4) is 0 Å². The third kappa shape index (κ3) is 3.59. The summed E-state index contributed by atoms with van der Waals surface area (Å²) in [5, 5.41) is 11.1. The van der Waals surface area contributed by atoms with Crippen LogP contribution in [0.2, 0.25) is 0 Å². The van der Waals surface area contributed by atoms with Crippen molar-refractivity contribution >= 4 is 23.4 Å². The third-order valence-electron chi connectivity index (χ3n) is 7.01. The predicted molar refractivity (Wildman–Crippen MR) is 109 cm³/mol. The number of hydrogen-bond acceptors (Lipinski definition) is 5. The van der Waals surface area contributed by atoms with Gasteiger partial charge in [0, 0.05) is 12.6 Å². The quantitative estimate of drug-likeness (QED) is 0.722. The molecule has 0 radical (unpaired) electrons. The lowest BCUT2D eigenvalue weighted by atomic mass is 9.59. The number of thioether (sulfide) groups is 1. The van der Waals surface area contributed by atoms with Crippen molar-refractivity contribution in [2.24, 2.45) is 17.8 Å². The number of aromatic nitrogens is 2. The summed E-state index contributed by atoms with van der Waals surface area (Å²) < 4.78 is 5.29. The van der Waals surface area contributed by atoms with Gasteiger partial charge in [0.15, 0.2) is 0 Å². The Hall–Kier alpha value is -1.82. The van der Waals surface area contributed by atoms with Gasteiger partial charge in [0.2, 0.25) is 11.8 Å². The van der Waals surface area contributed by atoms with Crippen molar-refractivity contribution in [1.29, 1.82) is 0 Å². The SMILES string of the molecule is Cc1nnc(SCC(=O)Nc2ccc(C34CCC5CC(CC(C5)C3)C4)cc2)o1. The van der Waals surface area contributed by atoms with Crippen LogP contribution in [0.15, 0.2) is 33.9 Å². The molecule has 1 heterocycles. The average Bonchev–Trinajstić information content (AvgIpc) is 2.99. The van der Waals surface area contributed by atoms with Crippen LogP contribution in [0.4, 0.5) is 5.69 Å². The van der Waals surface area contributed by atoms with Crippen molar-refractivity contribution in [2.45, 2.75) is 62.5 Å². The summed E-state index contributed by atoms with van der Waals surface area (Å²) in [6.45, 7) is 1.74. The highest BCUT2D eigenvalue weighted by molar-refractivity contribution is 7.99. The van der Waals surface area contributed by atoms with E-state index in [1.54, 1.807) is 6.92 Å². The molecule has 4 saturated carbocycles. The first kappa shape index (κ1) is 18.2. The second-order valence-corrected chi connectivity index (χ2v) is 9.96. The molecule has 2 atom stereocenters. The smallest absolute Gasteiger partial charge is 0.277 e. The van der Waals surface area contributed by atoms with Crippen LogP contribution in [0.25, 0.3) is 0 Å². The maximum atomic E-state index is 12.2. The number of fused-ring (bicyclic) bond motifs is 1. The summed E-state index contributed by atoms with van der Waals surface area (Å²) in [6.07, 6.45) is 9.86. The van der Waals surface area contributed by atoms with E-state index in [0.29, 0.717) is 16.5 Å². The van der Waals surface area contributed by atoms with Crippen molar-refractivity contribution in [3.05, 3.63) is 35.7 Å². The minimum Gasteiger partial charge on any atom is -0.416 e. The Morgan fingerprint density at radius 3 is 2.54 bits per heavy atom. The standard InChI is InChI=1S/C22H27N3O2S/c1-14-24-25-21(27-14)28-13-20(26)23-19-4-2-18(3-5-19)22-7-6-15-8-16(11-22)10-17(9-15)12-22/h2-5,15-17H,6-13H2,1H3,(H,23,26). The van der Waals surface area contributed by atoms with E-state index in [2.05, 4.69) is 39.8 Å². The Morgan fingerprint density at radius 2 is 1.86 bits per heavy atom. The second kappa shape index (κ2) is 7.21. The van der Waals surface area contributed by atoms with Crippen LogP contribution in [0, 0.1) is 24.7 Å². The van der Waals surface area contributed by atoms with Gasteiger partial charge < -0.3 is 9.73 Å². The zero-order valence-corrected chi connectivity index (χ0v) is 17.1.